The van der Waals surface area contributed by atoms with Gasteiger partial charge in [0.2, 0.25) is 5.91 Å². The molecule has 0 bridgehead atoms. The average molecular weight is 167 g/mol. The Morgan fingerprint density at radius 3 is 2.00 bits per heavy atom. The Bertz CT molecular complexity index is 106. The molecular weight excluding hydrogens is 152 g/mol. The predicted octanol–water partition coefficient (Wildman–Crippen LogP) is 0.137. The third-order valence-corrected chi connectivity index (χ3v) is 1.27. The van der Waals surface area contributed by atoms with Crippen LogP contribution in [-0.2, 0) is 4.79 Å². The van der Waals surface area contributed by atoms with Crippen molar-refractivity contribution in [1.82, 2.24) is 5.32 Å². The maximum atomic E-state index is 10.7. The van der Waals surface area contributed by atoms with E-state index >= 15 is 0 Å². The van der Waals surface area contributed by atoms with E-state index in [2.05, 4.69) is 5.32 Å². The average Bonchev–Trinajstić information content (AvgIpc) is 1.84. The van der Waals surface area contributed by atoms with Crippen molar-refractivity contribution in [2.75, 3.05) is 7.05 Å². The summed E-state index contributed by atoms with van der Waals surface area (Å²) >= 11 is 0. The lowest BCUT2D eigenvalue weighted by atomic mass is 10.1. The first-order valence-electron chi connectivity index (χ1n) is 3.06. The summed E-state index contributed by atoms with van der Waals surface area (Å²) in [7, 11) is 1.59. The number of halogens is 1. The predicted molar refractivity (Wildman–Crippen MR) is 44.1 cm³/mol. The van der Waals surface area contributed by atoms with Gasteiger partial charge in [0.05, 0.1) is 6.04 Å². The van der Waals surface area contributed by atoms with Crippen molar-refractivity contribution < 1.29 is 4.79 Å². The highest BCUT2D eigenvalue weighted by atomic mass is 35.5. The van der Waals surface area contributed by atoms with Crippen LogP contribution >= 0.6 is 12.4 Å². The molecule has 4 heteroatoms. The fraction of sp³-hybridized carbons (Fsp3) is 0.833. The number of rotatable bonds is 2. The van der Waals surface area contributed by atoms with Crippen LogP contribution in [0.3, 0.4) is 0 Å². The van der Waals surface area contributed by atoms with Gasteiger partial charge in [-0.15, -0.1) is 12.4 Å². The van der Waals surface area contributed by atoms with Crippen LogP contribution in [0.2, 0.25) is 0 Å². The highest BCUT2D eigenvalue weighted by Crippen LogP contribution is 1.96. The zero-order valence-electron chi connectivity index (χ0n) is 6.55. The zero-order chi connectivity index (χ0) is 7.44. The van der Waals surface area contributed by atoms with Gasteiger partial charge in [-0.2, -0.15) is 0 Å². The van der Waals surface area contributed by atoms with Crippen molar-refractivity contribution in [3.63, 3.8) is 0 Å². The molecule has 62 valence electrons. The van der Waals surface area contributed by atoms with Gasteiger partial charge in [-0.05, 0) is 5.92 Å². The second-order valence-electron chi connectivity index (χ2n) is 2.38. The molecule has 0 saturated carbocycles. The maximum Gasteiger partial charge on any atom is 0.236 e. The van der Waals surface area contributed by atoms with Gasteiger partial charge in [0.1, 0.15) is 0 Å². The monoisotopic (exact) mass is 166 g/mol. The summed E-state index contributed by atoms with van der Waals surface area (Å²) in [6.45, 7) is 3.83. The molecule has 0 radical (unpaired) electrons. The molecule has 3 nitrogen and oxygen atoms in total. The van der Waals surface area contributed by atoms with Crippen LogP contribution < -0.4 is 11.1 Å². The van der Waals surface area contributed by atoms with Gasteiger partial charge in [0.15, 0.2) is 0 Å². The minimum absolute atomic E-state index is 0. The first kappa shape index (κ1) is 12.4. The van der Waals surface area contributed by atoms with Crippen molar-refractivity contribution in [1.29, 1.82) is 0 Å². The summed E-state index contributed by atoms with van der Waals surface area (Å²) in [6.07, 6.45) is 0. The van der Waals surface area contributed by atoms with E-state index in [-0.39, 0.29) is 30.3 Å². The highest BCUT2D eigenvalue weighted by molar-refractivity contribution is 5.85. The molecule has 3 N–H and O–H groups in total. The summed E-state index contributed by atoms with van der Waals surface area (Å²) in [6, 6.07) is -0.366. The first-order valence-corrected chi connectivity index (χ1v) is 3.06. The number of hydrogen-bond acceptors (Lipinski definition) is 2. The van der Waals surface area contributed by atoms with Gasteiger partial charge < -0.3 is 11.1 Å². The van der Waals surface area contributed by atoms with Crippen LogP contribution in [0.1, 0.15) is 13.8 Å². The van der Waals surface area contributed by atoms with E-state index in [1.165, 1.54) is 0 Å². The van der Waals surface area contributed by atoms with Gasteiger partial charge >= 0.3 is 0 Å². The van der Waals surface area contributed by atoms with Gasteiger partial charge in [0, 0.05) is 7.05 Å². The van der Waals surface area contributed by atoms with Crippen molar-refractivity contribution in [3.8, 4) is 0 Å². The molecule has 0 spiro atoms. The lowest BCUT2D eigenvalue weighted by molar-refractivity contribution is -0.122. The van der Waals surface area contributed by atoms with E-state index in [0.717, 1.165) is 0 Å². The Morgan fingerprint density at radius 2 is 1.90 bits per heavy atom. The fourth-order valence-corrected chi connectivity index (χ4v) is 0.469. The third-order valence-electron chi connectivity index (χ3n) is 1.27. The van der Waals surface area contributed by atoms with E-state index in [1.54, 1.807) is 7.05 Å². The summed E-state index contributed by atoms with van der Waals surface area (Å²) in [4.78, 5) is 10.7. The number of likely N-dealkylation sites (N-methyl/N-ethyl adjacent to an activating group) is 1. The molecule has 0 heterocycles. The molecule has 0 aromatic rings. The summed E-state index contributed by atoms with van der Waals surface area (Å²) in [5.41, 5.74) is 5.46. The van der Waals surface area contributed by atoms with E-state index in [4.69, 9.17) is 5.73 Å². The molecule has 0 fully saturated rings. The second kappa shape index (κ2) is 5.50. The molecule has 0 aliphatic heterocycles. The van der Waals surface area contributed by atoms with Crippen LogP contribution in [0, 0.1) is 5.92 Å². The topological polar surface area (TPSA) is 55.1 Å². The van der Waals surface area contributed by atoms with Crippen molar-refractivity contribution in [2.24, 2.45) is 11.7 Å². The molecule has 0 aromatic carbocycles. The van der Waals surface area contributed by atoms with E-state index < -0.39 is 0 Å². The Kier molecular flexibility index (Phi) is 6.82. The maximum absolute atomic E-state index is 10.7. The van der Waals surface area contributed by atoms with Crippen LogP contribution in [0.15, 0.2) is 0 Å². The minimum atomic E-state index is -0.366. The van der Waals surface area contributed by atoms with Gasteiger partial charge in [-0.25, -0.2) is 0 Å². The summed E-state index contributed by atoms with van der Waals surface area (Å²) in [5, 5.41) is 2.48. The first-order chi connectivity index (χ1) is 4.09. The second-order valence-corrected chi connectivity index (χ2v) is 2.38. The van der Waals surface area contributed by atoms with Crippen LogP contribution in [0.5, 0.6) is 0 Å². The quantitative estimate of drug-likeness (QED) is 0.613. The molecule has 1 atom stereocenters. The standard InChI is InChI=1S/C6H14N2O.ClH/c1-4(2)5(7)6(9)8-3;/h4-5H,7H2,1-3H3,(H,8,9);1H. The molecule has 1 unspecified atom stereocenters. The van der Waals surface area contributed by atoms with Crippen LogP contribution in [-0.4, -0.2) is 19.0 Å². The van der Waals surface area contributed by atoms with Gasteiger partial charge in [0.25, 0.3) is 0 Å². The van der Waals surface area contributed by atoms with Crippen molar-refractivity contribution >= 4 is 18.3 Å². The molecule has 0 aromatic heterocycles. The number of carbonyl (C=O) groups is 1. The Balaban J connectivity index is 0. The molecule has 10 heavy (non-hydrogen) atoms. The van der Waals surface area contributed by atoms with E-state index in [9.17, 15) is 4.79 Å². The van der Waals surface area contributed by atoms with E-state index in [0.29, 0.717) is 0 Å². The minimum Gasteiger partial charge on any atom is -0.358 e. The lowest BCUT2D eigenvalue weighted by Crippen LogP contribution is -2.42. The number of nitrogens with one attached hydrogen (secondary N) is 1. The molecular formula is C6H15ClN2O. The number of carbonyl (C=O) groups excluding carboxylic acids is 1. The highest BCUT2D eigenvalue weighted by Gasteiger charge is 2.14. The third kappa shape index (κ3) is 3.69. The van der Waals surface area contributed by atoms with Crippen LogP contribution in [0.25, 0.3) is 0 Å². The molecule has 1 amide bonds. The molecule has 0 aliphatic carbocycles. The number of amides is 1. The largest absolute Gasteiger partial charge is 0.358 e. The van der Waals surface area contributed by atoms with Crippen molar-refractivity contribution in [2.45, 2.75) is 19.9 Å². The van der Waals surface area contributed by atoms with Crippen molar-refractivity contribution in [3.05, 3.63) is 0 Å². The Morgan fingerprint density at radius 1 is 1.50 bits per heavy atom. The Hall–Kier alpha value is -0.280. The molecule has 0 saturated heterocycles. The lowest BCUT2D eigenvalue weighted by Gasteiger charge is -2.12. The summed E-state index contributed by atoms with van der Waals surface area (Å²) in [5.74, 6) is 0.120. The fourth-order valence-electron chi connectivity index (χ4n) is 0.469. The Labute approximate surface area is 67.8 Å². The van der Waals surface area contributed by atoms with E-state index in [1.807, 2.05) is 13.8 Å². The van der Waals surface area contributed by atoms with Gasteiger partial charge in [-0.3, -0.25) is 4.79 Å². The van der Waals surface area contributed by atoms with Gasteiger partial charge in [-0.1, -0.05) is 13.8 Å². The smallest absolute Gasteiger partial charge is 0.236 e. The summed E-state index contributed by atoms with van der Waals surface area (Å²) < 4.78 is 0. The SMILES string of the molecule is CNC(=O)C(N)C(C)C.Cl. The van der Waals surface area contributed by atoms with Crippen LogP contribution in [0.4, 0.5) is 0 Å². The zero-order valence-corrected chi connectivity index (χ0v) is 7.37. The number of nitrogens with two attached hydrogens (primary N) is 1. The normalized spacial score (nSPS) is 12.1. The number of hydrogen-bond donors (Lipinski definition) is 2. The molecule has 0 rings (SSSR count). The molecule has 0 aliphatic rings.